The average molecular weight is 430 g/mol. The molecule has 0 bridgehead atoms. The number of halogens is 1. The summed E-state index contributed by atoms with van der Waals surface area (Å²) in [5.41, 5.74) is 2.74. The summed E-state index contributed by atoms with van der Waals surface area (Å²) in [6.45, 7) is 5.57. The summed E-state index contributed by atoms with van der Waals surface area (Å²) in [4.78, 5) is 24.5. The highest BCUT2D eigenvalue weighted by atomic mass is 19.1. The number of carbonyl (C=O) groups is 1. The van der Waals surface area contributed by atoms with Gasteiger partial charge in [0, 0.05) is 32.1 Å². The number of aryl methyl sites for hydroxylation is 1. The Morgan fingerprint density at radius 3 is 2.81 bits per heavy atom. The molecule has 0 N–H and O–H groups in total. The van der Waals surface area contributed by atoms with Crippen LogP contribution in [0.15, 0.2) is 12.5 Å². The molecule has 2 fully saturated rings. The number of carbonyl (C=O) groups excluding carboxylic acids is 1. The maximum Gasteiger partial charge on any atom is 0.410 e. The van der Waals surface area contributed by atoms with Crippen molar-refractivity contribution >= 4 is 11.9 Å². The second-order valence-electron chi connectivity index (χ2n) is 8.95. The number of hydrogen-bond donors (Lipinski definition) is 0. The summed E-state index contributed by atoms with van der Waals surface area (Å²) < 4.78 is 28.2. The van der Waals surface area contributed by atoms with Crippen LogP contribution in [0.4, 0.5) is 15.0 Å². The molecule has 9 nitrogen and oxygen atoms in total. The Balaban J connectivity index is 1.24. The zero-order valence-corrected chi connectivity index (χ0v) is 18.0. The Bertz CT molecular complexity index is 1010. The molecule has 1 saturated carbocycles. The Morgan fingerprint density at radius 1 is 1.29 bits per heavy atom. The van der Waals surface area contributed by atoms with E-state index in [9.17, 15) is 9.18 Å². The van der Waals surface area contributed by atoms with Gasteiger partial charge in [0.2, 0.25) is 5.88 Å². The third-order valence-corrected chi connectivity index (χ3v) is 6.45. The third-order valence-electron chi connectivity index (χ3n) is 6.45. The molecule has 1 saturated heterocycles. The summed E-state index contributed by atoms with van der Waals surface area (Å²) >= 11 is 0. The van der Waals surface area contributed by atoms with E-state index < -0.39 is 18.4 Å². The number of fused-ring (bicyclic) bond motifs is 1. The predicted octanol–water partition coefficient (Wildman–Crippen LogP) is 2.52. The third kappa shape index (κ3) is 3.79. The monoisotopic (exact) mass is 430 g/mol. The first-order valence-corrected chi connectivity index (χ1v) is 10.7. The lowest BCUT2D eigenvalue weighted by Gasteiger charge is -2.34. The number of ether oxygens (including phenoxy) is 2. The van der Waals surface area contributed by atoms with Crippen molar-refractivity contribution in [1.82, 2.24) is 24.6 Å². The minimum absolute atomic E-state index is 0.0367. The van der Waals surface area contributed by atoms with E-state index in [1.54, 1.807) is 0 Å². The van der Waals surface area contributed by atoms with E-state index in [4.69, 9.17) is 9.47 Å². The number of amides is 1. The average Bonchev–Trinajstić information content (AvgIpc) is 3.16. The lowest BCUT2D eigenvalue weighted by Crippen LogP contribution is -2.50. The van der Waals surface area contributed by atoms with Crippen LogP contribution in [-0.2, 0) is 24.9 Å². The molecule has 4 heterocycles. The number of nitrogens with zero attached hydrogens (tertiary/aromatic N) is 6. The first-order chi connectivity index (χ1) is 14.8. The highest BCUT2D eigenvalue weighted by Gasteiger charge is 2.44. The molecule has 3 aliphatic rings. The van der Waals surface area contributed by atoms with Gasteiger partial charge in [0.25, 0.3) is 0 Å². The maximum absolute atomic E-state index is 14.9. The number of likely N-dealkylation sites (tertiary alicyclic amines) is 1. The molecule has 0 radical (unpaired) electrons. The second-order valence-corrected chi connectivity index (χ2v) is 8.95. The number of alkyl halides is 1. The van der Waals surface area contributed by atoms with Gasteiger partial charge in [-0.3, -0.25) is 4.68 Å². The lowest BCUT2D eigenvalue weighted by molar-refractivity contribution is 0.00202. The zero-order chi connectivity index (χ0) is 21.8. The molecule has 166 valence electrons. The lowest BCUT2D eigenvalue weighted by atomic mass is 10.1. The second kappa shape index (κ2) is 7.35. The van der Waals surface area contributed by atoms with Crippen molar-refractivity contribution in [2.24, 2.45) is 7.05 Å². The van der Waals surface area contributed by atoms with Crippen LogP contribution in [0.25, 0.3) is 0 Å². The molecule has 2 unspecified atom stereocenters. The van der Waals surface area contributed by atoms with Crippen LogP contribution in [0.5, 0.6) is 5.88 Å². The van der Waals surface area contributed by atoms with Crippen LogP contribution in [0.2, 0.25) is 0 Å². The first kappa shape index (κ1) is 20.0. The summed E-state index contributed by atoms with van der Waals surface area (Å²) in [5.74, 6) is 1.16. The van der Waals surface area contributed by atoms with Gasteiger partial charge in [-0.15, -0.1) is 0 Å². The fraction of sp³-hybridized carbons (Fsp3) is 0.619. The summed E-state index contributed by atoms with van der Waals surface area (Å²) in [7, 11) is 1.93. The number of hydrogen-bond acceptors (Lipinski definition) is 7. The van der Waals surface area contributed by atoms with Crippen LogP contribution >= 0.6 is 0 Å². The van der Waals surface area contributed by atoms with Crippen LogP contribution in [0.3, 0.4) is 0 Å². The molecule has 1 amide bonds. The Labute approximate surface area is 180 Å². The molecular formula is C21H27FN6O3. The van der Waals surface area contributed by atoms with Crippen LogP contribution in [-0.4, -0.2) is 61.7 Å². The smallest absolute Gasteiger partial charge is 0.410 e. The summed E-state index contributed by atoms with van der Waals surface area (Å²) in [6, 6.07) is 0. The fourth-order valence-corrected chi connectivity index (χ4v) is 4.18. The van der Waals surface area contributed by atoms with Crippen molar-refractivity contribution in [3.63, 3.8) is 0 Å². The van der Waals surface area contributed by atoms with Gasteiger partial charge in [0.1, 0.15) is 23.9 Å². The maximum atomic E-state index is 14.9. The minimum Gasteiger partial charge on any atom is -0.471 e. The topological polar surface area (TPSA) is 85.6 Å². The van der Waals surface area contributed by atoms with Gasteiger partial charge in [-0.25, -0.2) is 19.2 Å². The van der Waals surface area contributed by atoms with Gasteiger partial charge in [0.15, 0.2) is 6.17 Å². The highest BCUT2D eigenvalue weighted by molar-refractivity contribution is 5.68. The van der Waals surface area contributed by atoms with E-state index in [1.165, 1.54) is 16.8 Å². The molecule has 1 aliphatic carbocycles. The highest BCUT2D eigenvalue weighted by Crippen LogP contribution is 2.39. The molecule has 31 heavy (non-hydrogen) atoms. The van der Waals surface area contributed by atoms with E-state index >= 15 is 0 Å². The van der Waals surface area contributed by atoms with Crippen molar-refractivity contribution in [3.8, 4) is 5.88 Å². The number of piperidine rings is 1. The van der Waals surface area contributed by atoms with Gasteiger partial charge < -0.3 is 19.3 Å². The van der Waals surface area contributed by atoms with Crippen LogP contribution < -0.4 is 9.64 Å². The van der Waals surface area contributed by atoms with Crippen LogP contribution in [0.1, 0.15) is 43.0 Å². The number of anilines is 1. The number of rotatable bonds is 4. The molecule has 5 rings (SSSR count). The summed E-state index contributed by atoms with van der Waals surface area (Å²) in [6.07, 6.45) is 3.03. The zero-order valence-electron chi connectivity index (χ0n) is 18.0. The Morgan fingerprint density at radius 2 is 2.10 bits per heavy atom. The van der Waals surface area contributed by atoms with E-state index in [-0.39, 0.29) is 12.1 Å². The quantitative estimate of drug-likeness (QED) is 0.737. The largest absolute Gasteiger partial charge is 0.471 e. The molecule has 0 aromatic carbocycles. The Kier molecular flexibility index (Phi) is 4.75. The van der Waals surface area contributed by atoms with E-state index in [1.807, 2.05) is 31.8 Å². The van der Waals surface area contributed by atoms with Gasteiger partial charge in [-0.2, -0.15) is 5.10 Å². The standard InChI is InChI=1S/C21H27FN6O3/c1-13-18(28-9-14-8-25-26(3)16(14)11-28)23-12-24-19(13)30-17-4-7-27(10-15(17)22)20(29)31-21(2)5-6-21/h8,12,15,17H,4-7,9-11H2,1-3H3. The normalized spacial score (nSPS) is 24.1. The molecule has 10 heteroatoms. The molecule has 0 spiro atoms. The van der Waals surface area contributed by atoms with Gasteiger partial charge in [-0.1, -0.05) is 0 Å². The molecule has 2 atom stereocenters. The summed E-state index contributed by atoms with van der Waals surface area (Å²) in [5, 5.41) is 4.29. The molecular weight excluding hydrogens is 403 g/mol. The predicted molar refractivity (Wildman–Crippen MR) is 109 cm³/mol. The Hall–Kier alpha value is -2.91. The van der Waals surface area contributed by atoms with Crippen molar-refractivity contribution in [2.45, 2.75) is 64.1 Å². The first-order valence-electron chi connectivity index (χ1n) is 10.7. The van der Waals surface area contributed by atoms with Crippen molar-refractivity contribution in [2.75, 3.05) is 18.0 Å². The van der Waals surface area contributed by atoms with E-state index in [0.29, 0.717) is 31.9 Å². The molecule has 2 aliphatic heterocycles. The minimum atomic E-state index is -1.31. The van der Waals surface area contributed by atoms with E-state index in [2.05, 4.69) is 20.0 Å². The fourth-order valence-electron chi connectivity index (χ4n) is 4.18. The van der Waals surface area contributed by atoms with E-state index in [0.717, 1.165) is 29.9 Å². The van der Waals surface area contributed by atoms with Crippen molar-refractivity contribution in [1.29, 1.82) is 0 Å². The van der Waals surface area contributed by atoms with Gasteiger partial charge >= 0.3 is 6.09 Å². The van der Waals surface area contributed by atoms with Crippen molar-refractivity contribution < 1.29 is 18.7 Å². The molecule has 2 aromatic rings. The van der Waals surface area contributed by atoms with Gasteiger partial charge in [-0.05, 0) is 26.7 Å². The molecule has 2 aromatic heterocycles. The van der Waals surface area contributed by atoms with Crippen LogP contribution in [0, 0.1) is 6.92 Å². The van der Waals surface area contributed by atoms with Gasteiger partial charge in [0.05, 0.1) is 30.5 Å². The van der Waals surface area contributed by atoms with Crippen molar-refractivity contribution in [3.05, 3.63) is 29.3 Å². The number of aromatic nitrogens is 4. The SMILES string of the molecule is Cc1c(OC2CCN(C(=O)OC3(C)CC3)CC2F)ncnc1N1Cc2cnn(C)c2C1.